The van der Waals surface area contributed by atoms with Gasteiger partial charge in [0.1, 0.15) is 0 Å². The molecule has 0 fully saturated rings. The van der Waals surface area contributed by atoms with Crippen molar-refractivity contribution >= 4 is 23.2 Å². The van der Waals surface area contributed by atoms with E-state index in [1.807, 2.05) is 11.9 Å². The molecule has 46 heavy (non-hydrogen) atoms. The van der Waals surface area contributed by atoms with Gasteiger partial charge in [0.25, 0.3) is 5.91 Å². The average molecular weight is 636 g/mol. The third kappa shape index (κ3) is 11.8. The molecule has 0 aromatic heterocycles. The van der Waals surface area contributed by atoms with Crippen LogP contribution in [0.4, 0.5) is 11.4 Å². The Morgan fingerprint density at radius 3 is 1.65 bits per heavy atom. The van der Waals surface area contributed by atoms with Gasteiger partial charge in [0.15, 0.2) is 6.54 Å². The molecular weight excluding hydrogens is 568 g/mol. The first-order valence-electron chi connectivity index (χ1n) is 18.3. The van der Waals surface area contributed by atoms with Crippen LogP contribution in [0.15, 0.2) is 36.4 Å². The minimum atomic E-state index is 0.207. The van der Waals surface area contributed by atoms with Crippen LogP contribution in [0.1, 0.15) is 108 Å². The highest BCUT2D eigenvalue weighted by Gasteiger charge is 2.29. The fraction of sp³-hybridized carbons (Fsp3) is 0.650. The summed E-state index contributed by atoms with van der Waals surface area (Å²) in [6.45, 7) is 24.1. The van der Waals surface area contributed by atoms with Crippen LogP contribution in [0.25, 0.3) is 0 Å². The van der Waals surface area contributed by atoms with Gasteiger partial charge in [-0.25, -0.2) is 0 Å². The topological polar surface area (TPSA) is 43.9 Å². The highest BCUT2D eigenvalue weighted by atomic mass is 16.2. The van der Waals surface area contributed by atoms with Crippen molar-refractivity contribution in [2.75, 3.05) is 69.2 Å². The van der Waals surface area contributed by atoms with E-state index < -0.39 is 0 Å². The molecule has 0 saturated carbocycles. The first kappa shape index (κ1) is 39.5. The smallest absolute Gasteiger partial charge is 0.281 e. The Labute approximate surface area is 282 Å². The van der Waals surface area contributed by atoms with Crippen LogP contribution in [0.2, 0.25) is 0 Å². The maximum absolute atomic E-state index is 13.6. The standard InChI is InChI=1S/C40H67N4O2/c1-10-14-29-43(40-35(7)25-22-26-36(40)8)37(45)31-42(27-11-2)28-19-17-15-16-18-20-30-44(12-3,13-4)32-38(46)41(9)39-33(5)23-21-24-34(39)6/h21-26H,10-20,27-32H2,1-9H3/q+1. The van der Waals surface area contributed by atoms with Crippen molar-refractivity contribution in [3.8, 4) is 0 Å². The van der Waals surface area contributed by atoms with Gasteiger partial charge in [-0.1, -0.05) is 75.9 Å². The summed E-state index contributed by atoms with van der Waals surface area (Å²) < 4.78 is 0.853. The number of unbranched alkanes of at least 4 members (excludes halogenated alkanes) is 6. The van der Waals surface area contributed by atoms with Gasteiger partial charge in [0, 0.05) is 25.0 Å². The number of aryl methyl sites for hydroxylation is 4. The molecular formula is C40H67N4O2+. The molecule has 258 valence electrons. The van der Waals surface area contributed by atoms with E-state index in [0.29, 0.717) is 13.1 Å². The zero-order valence-corrected chi connectivity index (χ0v) is 31.1. The van der Waals surface area contributed by atoms with Crippen molar-refractivity contribution in [1.82, 2.24) is 4.90 Å². The van der Waals surface area contributed by atoms with Gasteiger partial charge in [-0.05, 0) is 109 Å². The van der Waals surface area contributed by atoms with Crippen LogP contribution in [-0.2, 0) is 9.59 Å². The highest BCUT2D eigenvalue weighted by Crippen LogP contribution is 2.26. The summed E-state index contributed by atoms with van der Waals surface area (Å²) in [6, 6.07) is 12.6. The highest BCUT2D eigenvalue weighted by molar-refractivity contribution is 5.96. The predicted molar refractivity (Wildman–Crippen MR) is 198 cm³/mol. The SMILES string of the molecule is CCCCN(C(=O)CN(CCC)CCCCCCCC[N+](CC)(CC)CC(=O)N(C)c1c(C)cccc1C)c1c(C)cccc1C. The minimum absolute atomic E-state index is 0.207. The van der Waals surface area contributed by atoms with Crippen LogP contribution in [0, 0.1) is 27.7 Å². The Morgan fingerprint density at radius 1 is 0.609 bits per heavy atom. The Balaban J connectivity index is 1.81. The third-order valence-electron chi connectivity index (χ3n) is 9.96. The number of benzene rings is 2. The summed E-state index contributed by atoms with van der Waals surface area (Å²) >= 11 is 0. The summed E-state index contributed by atoms with van der Waals surface area (Å²) in [7, 11) is 1.93. The van der Waals surface area contributed by atoms with E-state index in [0.717, 1.165) is 98.4 Å². The predicted octanol–water partition coefficient (Wildman–Crippen LogP) is 8.63. The number of likely N-dealkylation sites (N-methyl/N-ethyl adjacent to an activating group) is 2. The monoisotopic (exact) mass is 636 g/mol. The minimum Gasteiger partial charge on any atom is -0.316 e. The number of para-hydroxylation sites is 2. The molecule has 2 aromatic carbocycles. The summed E-state index contributed by atoms with van der Waals surface area (Å²) in [6.07, 6.45) is 10.3. The molecule has 6 nitrogen and oxygen atoms in total. The van der Waals surface area contributed by atoms with Crippen molar-refractivity contribution < 1.29 is 14.1 Å². The quantitative estimate of drug-likeness (QED) is 0.0961. The summed E-state index contributed by atoms with van der Waals surface area (Å²) in [4.78, 5) is 33.4. The molecule has 0 radical (unpaired) electrons. The third-order valence-corrected chi connectivity index (χ3v) is 9.96. The number of carbonyl (C=O) groups excluding carboxylic acids is 2. The number of carbonyl (C=O) groups is 2. The number of nitrogens with zero attached hydrogens (tertiary/aromatic N) is 4. The Hall–Kier alpha value is -2.70. The van der Waals surface area contributed by atoms with Crippen LogP contribution in [-0.4, -0.2) is 80.6 Å². The van der Waals surface area contributed by atoms with E-state index in [2.05, 4.69) is 102 Å². The van der Waals surface area contributed by atoms with Crippen LogP contribution in [0.5, 0.6) is 0 Å². The molecule has 2 rings (SSSR count). The average Bonchev–Trinajstić information content (AvgIpc) is 3.02. The van der Waals surface area contributed by atoms with E-state index in [9.17, 15) is 9.59 Å². The fourth-order valence-corrected chi connectivity index (χ4v) is 6.96. The summed E-state index contributed by atoms with van der Waals surface area (Å²) in [5, 5.41) is 0. The molecule has 0 aliphatic heterocycles. The van der Waals surface area contributed by atoms with Crippen molar-refractivity contribution in [3.05, 3.63) is 58.7 Å². The second-order valence-electron chi connectivity index (χ2n) is 13.6. The Kier molecular flexibility index (Phi) is 17.6. The molecule has 0 aliphatic rings. The lowest BCUT2D eigenvalue weighted by atomic mass is 10.1. The molecule has 0 unspecified atom stereocenters. The molecule has 0 spiro atoms. The second kappa shape index (κ2) is 20.5. The van der Waals surface area contributed by atoms with Crippen molar-refractivity contribution in [1.29, 1.82) is 0 Å². The lowest BCUT2D eigenvalue weighted by Crippen LogP contribution is -2.54. The van der Waals surface area contributed by atoms with Crippen molar-refractivity contribution in [2.24, 2.45) is 0 Å². The Morgan fingerprint density at radius 2 is 1.13 bits per heavy atom. The molecule has 2 aromatic rings. The normalized spacial score (nSPS) is 11.7. The maximum Gasteiger partial charge on any atom is 0.281 e. The Bertz CT molecular complexity index is 1170. The van der Waals surface area contributed by atoms with Gasteiger partial charge in [-0.3, -0.25) is 14.5 Å². The van der Waals surface area contributed by atoms with Gasteiger partial charge in [-0.15, -0.1) is 0 Å². The zero-order valence-electron chi connectivity index (χ0n) is 31.1. The van der Waals surface area contributed by atoms with Crippen LogP contribution < -0.4 is 9.80 Å². The number of anilines is 2. The van der Waals surface area contributed by atoms with Gasteiger partial charge in [-0.2, -0.15) is 0 Å². The lowest BCUT2D eigenvalue weighted by Gasteiger charge is -2.37. The molecule has 0 bridgehead atoms. The fourth-order valence-electron chi connectivity index (χ4n) is 6.96. The van der Waals surface area contributed by atoms with E-state index in [1.165, 1.54) is 36.8 Å². The molecule has 6 heteroatoms. The maximum atomic E-state index is 13.6. The molecule has 0 heterocycles. The van der Waals surface area contributed by atoms with Gasteiger partial charge in [0.05, 0.1) is 26.2 Å². The molecule has 0 atom stereocenters. The number of rotatable bonds is 22. The number of hydrogen-bond donors (Lipinski definition) is 0. The summed E-state index contributed by atoms with van der Waals surface area (Å²) in [5.74, 6) is 0.435. The number of amides is 2. The van der Waals surface area contributed by atoms with Gasteiger partial charge >= 0.3 is 0 Å². The molecule has 0 aliphatic carbocycles. The summed E-state index contributed by atoms with van der Waals surface area (Å²) in [5.41, 5.74) is 6.81. The van der Waals surface area contributed by atoms with E-state index in [4.69, 9.17) is 0 Å². The van der Waals surface area contributed by atoms with E-state index in [-0.39, 0.29) is 11.8 Å². The van der Waals surface area contributed by atoms with Crippen molar-refractivity contribution in [3.63, 3.8) is 0 Å². The van der Waals surface area contributed by atoms with Crippen molar-refractivity contribution in [2.45, 2.75) is 113 Å². The number of quaternary nitrogens is 1. The molecule has 0 saturated heterocycles. The first-order valence-corrected chi connectivity index (χ1v) is 18.3. The molecule has 2 amide bonds. The largest absolute Gasteiger partial charge is 0.316 e. The second-order valence-corrected chi connectivity index (χ2v) is 13.6. The van der Waals surface area contributed by atoms with Crippen LogP contribution in [0.3, 0.4) is 0 Å². The van der Waals surface area contributed by atoms with Gasteiger partial charge < -0.3 is 14.3 Å². The van der Waals surface area contributed by atoms with Gasteiger partial charge in [0.2, 0.25) is 5.91 Å². The number of hydrogen-bond acceptors (Lipinski definition) is 3. The van der Waals surface area contributed by atoms with E-state index >= 15 is 0 Å². The van der Waals surface area contributed by atoms with E-state index in [1.54, 1.807) is 0 Å². The first-order chi connectivity index (χ1) is 22.0. The van der Waals surface area contributed by atoms with Crippen LogP contribution >= 0.6 is 0 Å². The molecule has 0 N–H and O–H groups in total. The zero-order chi connectivity index (χ0) is 34.1. The lowest BCUT2D eigenvalue weighted by molar-refractivity contribution is -0.917.